The Bertz CT molecular complexity index is 1210. The van der Waals surface area contributed by atoms with Crippen molar-refractivity contribution in [3.05, 3.63) is 89.0 Å². The standard InChI is InChI=1S/C23H21N3O2/c1-16(18-11-10-17-6-2-3-7-19(17)14-18)25-22(27)12-13-26-15-24-21-9-5-4-8-20(21)23(26)28/h2-11,14-16H,12-13H2,1H3,(H,25,27). The molecule has 4 aromatic rings. The van der Waals surface area contributed by atoms with Gasteiger partial charge in [-0.3, -0.25) is 14.2 Å². The molecule has 0 saturated heterocycles. The molecule has 0 spiro atoms. The number of nitrogens with one attached hydrogen (secondary N) is 1. The fraction of sp³-hybridized carbons (Fsp3) is 0.174. The Morgan fingerprint density at radius 3 is 2.64 bits per heavy atom. The van der Waals surface area contributed by atoms with Crippen molar-refractivity contribution < 1.29 is 4.79 Å². The molecular formula is C23H21N3O2. The second-order valence-electron chi connectivity index (χ2n) is 6.91. The SMILES string of the molecule is CC(NC(=O)CCn1cnc2ccccc2c1=O)c1ccc2ccccc2c1. The average molecular weight is 371 g/mol. The zero-order chi connectivity index (χ0) is 19.5. The van der Waals surface area contributed by atoms with Gasteiger partial charge in [0.15, 0.2) is 0 Å². The lowest BCUT2D eigenvalue weighted by molar-refractivity contribution is -0.121. The average Bonchev–Trinajstić information content (AvgIpc) is 2.73. The van der Waals surface area contributed by atoms with Crippen LogP contribution in [0.1, 0.15) is 24.9 Å². The van der Waals surface area contributed by atoms with Crippen LogP contribution >= 0.6 is 0 Å². The molecule has 28 heavy (non-hydrogen) atoms. The van der Waals surface area contributed by atoms with Gasteiger partial charge < -0.3 is 5.32 Å². The first-order valence-electron chi connectivity index (χ1n) is 9.34. The number of carbonyl (C=O) groups is 1. The quantitative estimate of drug-likeness (QED) is 0.580. The molecule has 3 aromatic carbocycles. The van der Waals surface area contributed by atoms with Crippen LogP contribution in [0.2, 0.25) is 0 Å². The van der Waals surface area contributed by atoms with E-state index in [1.165, 1.54) is 16.3 Å². The van der Waals surface area contributed by atoms with Crippen LogP contribution in [-0.2, 0) is 11.3 Å². The van der Waals surface area contributed by atoms with E-state index in [1.807, 2.05) is 37.3 Å². The summed E-state index contributed by atoms with van der Waals surface area (Å²) < 4.78 is 1.49. The molecule has 0 aliphatic heterocycles. The van der Waals surface area contributed by atoms with E-state index in [4.69, 9.17) is 0 Å². The molecule has 5 heteroatoms. The van der Waals surface area contributed by atoms with E-state index < -0.39 is 0 Å². The number of amides is 1. The topological polar surface area (TPSA) is 64.0 Å². The van der Waals surface area contributed by atoms with Gasteiger partial charge in [-0.15, -0.1) is 0 Å². The summed E-state index contributed by atoms with van der Waals surface area (Å²) >= 11 is 0. The van der Waals surface area contributed by atoms with Gasteiger partial charge in [0.2, 0.25) is 5.91 Å². The molecule has 0 saturated carbocycles. The highest BCUT2D eigenvalue weighted by atomic mass is 16.2. The number of hydrogen-bond acceptors (Lipinski definition) is 3. The van der Waals surface area contributed by atoms with Crippen molar-refractivity contribution >= 4 is 27.6 Å². The van der Waals surface area contributed by atoms with Crippen LogP contribution in [0.15, 0.2) is 77.9 Å². The first-order chi connectivity index (χ1) is 13.6. The second kappa shape index (κ2) is 7.64. The highest BCUT2D eigenvalue weighted by Gasteiger charge is 2.11. The molecule has 1 N–H and O–H groups in total. The number of aryl methyl sites for hydroxylation is 1. The summed E-state index contributed by atoms with van der Waals surface area (Å²) in [6, 6.07) is 21.4. The van der Waals surface area contributed by atoms with Crippen LogP contribution in [0.25, 0.3) is 21.7 Å². The van der Waals surface area contributed by atoms with Gasteiger partial charge in [0.1, 0.15) is 0 Å². The van der Waals surface area contributed by atoms with Crippen molar-refractivity contribution in [2.75, 3.05) is 0 Å². The molecule has 1 amide bonds. The summed E-state index contributed by atoms with van der Waals surface area (Å²) in [4.78, 5) is 29.2. The van der Waals surface area contributed by atoms with Gasteiger partial charge in [-0.05, 0) is 41.5 Å². The van der Waals surface area contributed by atoms with Crippen LogP contribution in [0.3, 0.4) is 0 Å². The Hall–Kier alpha value is -3.47. The van der Waals surface area contributed by atoms with Gasteiger partial charge in [0.05, 0.1) is 23.3 Å². The third-order valence-electron chi connectivity index (χ3n) is 4.96. The minimum absolute atomic E-state index is 0.0966. The highest BCUT2D eigenvalue weighted by Crippen LogP contribution is 2.20. The lowest BCUT2D eigenvalue weighted by Crippen LogP contribution is -2.29. The molecular weight excluding hydrogens is 350 g/mol. The molecule has 0 aliphatic rings. The van der Waals surface area contributed by atoms with Gasteiger partial charge in [-0.2, -0.15) is 0 Å². The number of fused-ring (bicyclic) bond motifs is 2. The molecule has 0 fully saturated rings. The first-order valence-corrected chi connectivity index (χ1v) is 9.34. The fourth-order valence-electron chi connectivity index (χ4n) is 3.36. The van der Waals surface area contributed by atoms with E-state index >= 15 is 0 Å². The van der Waals surface area contributed by atoms with Gasteiger partial charge >= 0.3 is 0 Å². The predicted molar refractivity (Wildman–Crippen MR) is 111 cm³/mol. The third-order valence-corrected chi connectivity index (χ3v) is 4.96. The number of para-hydroxylation sites is 1. The molecule has 1 unspecified atom stereocenters. The van der Waals surface area contributed by atoms with Gasteiger partial charge in [-0.25, -0.2) is 4.98 Å². The summed E-state index contributed by atoms with van der Waals surface area (Å²) in [6.45, 7) is 2.26. The predicted octanol–water partition coefficient (Wildman–Crippen LogP) is 3.82. The van der Waals surface area contributed by atoms with Crippen molar-refractivity contribution in [3.63, 3.8) is 0 Å². The van der Waals surface area contributed by atoms with Gasteiger partial charge in [0, 0.05) is 13.0 Å². The summed E-state index contributed by atoms with van der Waals surface area (Å²) in [6.07, 6.45) is 1.72. The maximum atomic E-state index is 12.5. The van der Waals surface area contributed by atoms with Crippen LogP contribution in [0.4, 0.5) is 0 Å². The van der Waals surface area contributed by atoms with Gasteiger partial charge in [0.25, 0.3) is 5.56 Å². The van der Waals surface area contributed by atoms with E-state index in [9.17, 15) is 9.59 Å². The Morgan fingerprint density at radius 2 is 1.79 bits per heavy atom. The Morgan fingerprint density at radius 1 is 1.04 bits per heavy atom. The fourth-order valence-corrected chi connectivity index (χ4v) is 3.36. The largest absolute Gasteiger partial charge is 0.350 e. The summed E-state index contributed by atoms with van der Waals surface area (Å²) in [5.41, 5.74) is 1.59. The third kappa shape index (κ3) is 3.64. The van der Waals surface area contributed by atoms with Gasteiger partial charge in [-0.1, -0.05) is 48.5 Å². The first kappa shape index (κ1) is 17.9. The molecule has 1 heterocycles. The summed E-state index contributed by atoms with van der Waals surface area (Å²) in [5, 5.41) is 5.90. The molecule has 0 radical (unpaired) electrons. The summed E-state index contributed by atoms with van der Waals surface area (Å²) in [7, 11) is 0. The molecule has 4 rings (SSSR count). The normalized spacial score (nSPS) is 12.2. The minimum Gasteiger partial charge on any atom is -0.350 e. The van der Waals surface area contributed by atoms with E-state index in [2.05, 4.69) is 34.6 Å². The Kier molecular flexibility index (Phi) is 4.89. The number of benzene rings is 3. The summed E-state index contributed by atoms with van der Waals surface area (Å²) in [5.74, 6) is -0.0966. The van der Waals surface area contributed by atoms with E-state index in [0.29, 0.717) is 17.4 Å². The molecule has 0 aliphatic carbocycles. The zero-order valence-electron chi connectivity index (χ0n) is 15.6. The number of aromatic nitrogens is 2. The smallest absolute Gasteiger partial charge is 0.261 e. The van der Waals surface area contributed by atoms with Crippen molar-refractivity contribution in [2.45, 2.75) is 25.9 Å². The van der Waals surface area contributed by atoms with Crippen LogP contribution in [0.5, 0.6) is 0 Å². The highest BCUT2D eigenvalue weighted by molar-refractivity contribution is 5.83. The van der Waals surface area contributed by atoms with Crippen LogP contribution in [-0.4, -0.2) is 15.5 Å². The molecule has 1 atom stereocenters. The van der Waals surface area contributed by atoms with E-state index in [-0.39, 0.29) is 23.9 Å². The van der Waals surface area contributed by atoms with Crippen molar-refractivity contribution in [2.24, 2.45) is 0 Å². The van der Waals surface area contributed by atoms with Crippen LogP contribution < -0.4 is 10.9 Å². The Labute approximate surface area is 162 Å². The number of carbonyl (C=O) groups excluding carboxylic acids is 1. The maximum absolute atomic E-state index is 12.5. The van der Waals surface area contributed by atoms with Crippen molar-refractivity contribution in [1.29, 1.82) is 0 Å². The molecule has 140 valence electrons. The number of rotatable bonds is 5. The molecule has 1 aromatic heterocycles. The lowest BCUT2D eigenvalue weighted by Gasteiger charge is -2.15. The number of hydrogen-bond donors (Lipinski definition) is 1. The van der Waals surface area contributed by atoms with E-state index in [1.54, 1.807) is 12.1 Å². The minimum atomic E-state index is -0.124. The van der Waals surface area contributed by atoms with Crippen molar-refractivity contribution in [1.82, 2.24) is 14.9 Å². The van der Waals surface area contributed by atoms with Crippen LogP contribution in [0, 0.1) is 0 Å². The molecule has 5 nitrogen and oxygen atoms in total. The maximum Gasteiger partial charge on any atom is 0.261 e. The lowest BCUT2D eigenvalue weighted by atomic mass is 10.0. The van der Waals surface area contributed by atoms with Crippen molar-refractivity contribution in [3.8, 4) is 0 Å². The number of nitrogens with zero attached hydrogens (tertiary/aromatic N) is 2. The molecule has 0 bridgehead atoms. The van der Waals surface area contributed by atoms with E-state index in [0.717, 1.165) is 10.9 Å². The zero-order valence-corrected chi connectivity index (χ0v) is 15.6. The monoisotopic (exact) mass is 371 g/mol. The Balaban J connectivity index is 1.42. The second-order valence-corrected chi connectivity index (χ2v) is 6.91.